The van der Waals surface area contributed by atoms with Crippen molar-refractivity contribution in [2.75, 3.05) is 0 Å². The van der Waals surface area contributed by atoms with Gasteiger partial charge in [0.1, 0.15) is 12.8 Å². The highest BCUT2D eigenvalue weighted by Crippen LogP contribution is 2.21. The third kappa shape index (κ3) is 3.28. The Morgan fingerprint density at radius 3 is 2.87 bits per heavy atom. The van der Waals surface area contributed by atoms with E-state index in [1.807, 2.05) is 0 Å². The standard InChI is InChI=1S/C8H7BrN2O4/c1-5(12)15-4-8-7(9)2-6(3-10-8)11(13)14/h2-3H,4H2,1H3. The lowest BCUT2D eigenvalue weighted by Gasteiger charge is -2.03. The average molecular weight is 275 g/mol. The number of carbonyl (C=O) groups is 1. The molecule has 0 atom stereocenters. The van der Waals surface area contributed by atoms with Gasteiger partial charge in [-0.1, -0.05) is 0 Å². The van der Waals surface area contributed by atoms with E-state index in [4.69, 9.17) is 4.74 Å². The second-order valence-corrected chi connectivity index (χ2v) is 3.51. The molecule has 0 N–H and O–H groups in total. The summed E-state index contributed by atoms with van der Waals surface area (Å²) in [7, 11) is 0. The summed E-state index contributed by atoms with van der Waals surface area (Å²) in [5.41, 5.74) is 0.323. The number of ether oxygens (including phenoxy) is 1. The van der Waals surface area contributed by atoms with Crippen LogP contribution in [0.1, 0.15) is 12.6 Å². The van der Waals surface area contributed by atoms with Gasteiger partial charge in [-0.15, -0.1) is 0 Å². The zero-order valence-electron chi connectivity index (χ0n) is 7.77. The van der Waals surface area contributed by atoms with Crippen molar-refractivity contribution in [3.05, 3.63) is 32.5 Å². The molecule has 0 fully saturated rings. The van der Waals surface area contributed by atoms with E-state index in [2.05, 4.69) is 20.9 Å². The molecule has 0 saturated carbocycles. The van der Waals surface area contributed by atoms with Crippen molar-refractivity contribution in [1.82, 2.24) is 4.98 Å². The molecule has 1 aromatic rings. The lowest BCUT2D eigenvalue weighted by molar-refractivity contribution is -0.385. The highest BCUT2D eigenvalue weighted by molar-refractivity contribution is 9.10. The van der Waals surface area contributed by atoms with Crippen LogP contribution in [0.4, 0.5) is 5.69 Å². The molecule has 0 spiro atoms. The van der Waals surface area contributed by atoms with Gasteiger partial charge in [0.2, 0.25) is 0 Å². The molecule has 6 nitrogen and oxygen atoms in total. The van der Waals surface area contributed by atoms with Crippen LogP contribution >= 0.6 is 15.9 Å². The number of nitrogens with zero attached hydrogens (tertiary/aromatic N) is 2. The molecule has 15 heavy (non-hydrogen) atoms. The van der Waals surface area contributed by atoms with E-state index in [0.29, 0.717) is 10.2 Å². The molecular weight excluding hydrogens is 268 g/mol. The Hall–Kier alpha value is -1.50. The summed E-state index contributed by atoms with van der Waals surface area (Å²) < 4.78 is 5.15. The SMILES string of the molecule is CC(=O)OCc1ncc([N+](=O)[O-])cc1Br. The number of carbonyl (C=O) groups excluding carboxylic acids is 1. The van der Waals surface area contributed by atoms with Gasteiger partial charge in [-0.05, 0) is 15.9 Å². The molecule has 0 bridgehead atoms. The number of nitro groups is 1. The van der Waals surface area contributed by atoms with Gasteiger partial charge in [-0.25, -0.2) is 4.98 Å². The van der Waals surface area contributed by atoms with Gasteiger partial charge in [0.25, 0.3) is 5.69 Å². The number of hydrogen-bond acceptors (Lipinski definition) is 5. The number of pyridine rings is 1. The zero-order valence-corrected chi connectivity index (χ0v) is 9.35. The lowest BCUT2D eigenvalue weighted by Crippen LogP contribution is -2.02. The van der Waals surface area contributed by atoms with E-state index in [1.54, 1.807) is 0 Å². The predicted molar refractivity (Wildman–Crippen MR) is 54.1 cm³/mol. The van der Waals surface area contributed by atoms with E-state index in [9.17, 15) is 14.9 Å². The third-order valence-electron chi connectivity index (χ3n) is 1.53. The topological polar surface area (TPSA) is 82.3 Å². The molecule has 0 aliphatic carbocycles. The molecule has 1 heterocycles. The number of hydrogen-bond donors (Lipinski definition) is 0. The van der Waals surface area contributed by atoms with Gasteiger partial charge in [0.15, 0.2) is 0 Å². The number of esters is 1. The fraction of sp³-hybridized carbons (Fsp3) is 0.250. The number of halogens is 1. The minimum atomic E-state index is -0.548. The minimum absolute atomic E-state index is 0.00604. The summed E-state index contributed by atoms with van der Waals surface area (Å²) in [4.78, 5) is 24.2. The van der Waals surface area contributed by atoms with Crippen LogP contribution in [0.15, 0.2) is 16.7 Å². The van der Waals surface area contributed by atoms with Crippen LogP contribution in [0.3, 0.4) is 0 Å². The Kier molecular flexibility index (Phi) is 3.73. The largest absolute Gasteiger partial charge is 0.459 e. The van der Waals surface area contributed by atoms with Gasteiger partial charge in [-0.2, -0.15) is 0 Å². The zero-order chi connectivity index (χ0) is 11.4. The lowest BCUT2D eigenvalue weighted by atomic mass is 10.3. The average Bonchev–Trinajstić information content (AvgIpc) is 2.15. The smallest absolute Gasteiger partial charge is 0.303 e. The van der Waals surface area contributed by atoms with Crippen LogP contribution in [0.25, 0.3) is 0 Å². The van der Waals surface area contributed by atoms with Crippen LogP contribution in [-0.4, -0.2) is 15.9 Å². The van der Waals surface area contributed by atoms with Gasteiger partial charge < -0.3 is 4.74 Å². The van der Waals surface area contributed by atoms with E-state index in [-0.39, 0.29) is 12.3 Å². The molecule has 0 aliphatic heterocycles. The molecule has 7 heteroatoms. The van der Waals surface area contributed by atoms with Crippen molar-refractivity contribution in [1.29, 1.82) is 0 Å². The Bertz CT molecular complexity index is 408. The highest BCUT2D eigenvalue weighted by atomic mass is 79.9. The van der Waals surface area contributed by atoms with Gasteiger partial charge >= 0.3 is 5.97 Å². The molecule has 0 aliphatic rings. The molecule has 80 valence electrons. The Morgan fingerprint density at radius 1 is 1.73 bits per heavy atom. The maximum absolute atomic E-state index is 10.5. The first-order valence-electron chi connectivity index (χ1n) is 3.93. The molecule has 1 rings (SSSR count). The maximum Gasteiger partial charge on any atom is 0.303 e. The minimum Gasteiger partial charge on any atom is -0.459 e. The number of rotatable bonds is 3. The molecule has 1 aromatic heterocycles. The third-order valence-corrected chi connectivity index (χ3v) is 2.21. The van der Waals surface area contributed by atoms with Crippen molar-refractivity contribution >= 4 is 27.6 Å². The van der Waals surface area contributed by atoms with Crippen molar-refractivity contribution in [2.24, 2.45) is 0 Å². The van der Waals surface area contributed by atoms with Crippen LogP contribution < -0.4 is 0 Å². The summed E-state index contributed by atoms with van der Waals surface area (Å²) in [5, 5.41) is 10.4. The quantitative estimate of drug-likeness (QED) is 0.477. The fourth-order valence-electron chi connectivity index (χ4n) is 0.832. The molecule has 0 aromatic carbocycles. The fourth-order valence-corrected chi connectivity index (χ4v) is 1.28. The predicted octanol–water partition coefficient (Wildman–Crippen LogP) is 1.82. The highest BCUT2D eigenvalue weighted by Gasteiger charge is 2.11. The monoisotopic (exact) mass is 274 g/mol. The van der Waals surface area contributed by atoms with Crippen molar-refractivity contribution in [3.8, 4) is 0 Å². The van der Waals surface area contributed by atoms with E-state index in [1.165, 1.54) is 13.0 Å². The normalized spacial score (nSPS) is 9.73. The second kappa shape index (κ2) is 4.83. The maximum atomic E-state index is 10.5. The molecule has 0 unspecified atom stereocenters. The van der Waals surface area contributed by atoms with E-state index < -0.39 is 10.9 Å². The first kappa shape index (κ1) is 11.6. The summed E-state index contributed by atoms with van der Waals surface area (Å²) in [6.07, 6.45) is 1.11. The van der Waals surface area contributed by atoms with E-state index >= 15 is 0 Å². The van der Waals surface area contributed by atoms with Crippen LogP contribution in [0.5, 0.6) is 0 Å². The Morgan fingerprint density at radius 2 is 2.40 bits per heavy atom. The Labute approximate surface area is 93.5 Å². The molecule has 0 saturated heterocycles. The molecular formula is C8H7BrN2O4. The first-order valence-corrected chi connectivity index (χ1v) is 4.72. The summed E-state index contributed by atoms with van der Waals surface area (Å²) in [5.74, 6) is -0.429. The van der Waals surface area contributed by atoms with Gasteiger partial charge in [0.05, 0.1) is 10.6 Å². The molecule has 0 amide bonds. The van der Waals surface area contributed by atoms with Gasteiger partial charge in [0, 0.05) is 17.5 Å². The second-order valence-electron chi connectivity index (χ2n) is 2.66. The summed E-state index contributed by atoms with van der Waals surface area (Å²) in [6.45, 7) is 1.27. The number of aromatic nitrogens is 1. The summed E-state index contributed by atoms with van der Waals surface area (Å²) in [6, 6.07) is 1.31. The Balaban J connectivity index is 2.83. The van der Waals surface area contributed by atoms with Crippen molar-refractivity contribution in [2.45, 2.75) is 13.5 Å². The molecule has 0 radical (unpaired) electrons. The van der Waals surface area contributed by atoms with Crippen LogP contribution in [-0.2, 0) is 16.1 Å². The summed E-state index contributed by atoms with van der Waals surface area (Å²) >= 11 is 3.11. The van der Waals surface area contributed by atoms with Crippen LogP contribution in [0, 0.1) is 10.1 Å². The van der Waals surface area contributed by atoms with Crippen LogP contribution in [0.2, 0.25) is 0 Å². The van der Waals surface area contributed by atoms with Crippen molar-refractivity contribution in [3.63, 3.8) is 0 Å². The van der Waals surface area contributed by atoms with Gasteiger partial charge in [-0.3, -0.25) is 14.9 Å². The van der Waals surface area contributed by atoms with E-state index in [0.717, 1.165) is 6.20 Å². The first-order chi connectivity index (χ1) is 7.00. The van der Waals surface area contributed by atoms with Crippen molar-refractivity contribution < 1.29 is 14.5 Å².